The number of benzene rings is 1. The molecule has 1 aromatic heterocycles. The van der Waals surface area contributed by atoms with Gasteiger partial charge in [-0.3, -0.25) is 19.9 Å². The highest BCUT2D eigenvalue weighted by Gasteiger charge is 2.34. The van der Waals surface area contributed by atoms with Gasteiger partial charge in [-0.05, 0) is 42.5 Å². The number of amides is 2. The van der Waals surface area contributed by atoms with E-state index in [1.54, 1.807) is 0 Å². The van der Waals surface area contributed by atoms with Gasteiger partial charge in [0.15, 0.2) is 4.32 Å². The first-order chi connectivity index (χ1) is 16.6. The van der Waals surface area contributed by atoms with Crippen molar-refractivity contribution in [1.29, 1.82) is 0 Å². The maximum atomic E-state index is 13.1. The summed E-state index contributed by atoms with van der Waals surface area (Å²) < 4.78 is 50.2. The highest BCUT2D eigenvalue weighted by molar-refractivity contribution is 8.26. The van der Waals surface area contributed by atoms with Crippen molar-refractivity contribution in [2.24, 2.45) is 0 Å². The number of nitrogens with zero attached hydrogens (tertiary/aromatic N) is 2. The van der Waals surface area contributed by atoms with Crippen molar-refractivity contribution in [3.8, 4) is 11.3 Å². The molecule has 0 unspecified atom stereocenters. The molecule has 2 aliphatic heterocycles. The van der Waals surface area contributed by atoms with E-state index in [9.17, 15) is 22.8 Å². The van der Waals surface area contributed by atoms with Gasteiger partial charge in [-0.1, -0.05) is 23.4 Å². The van der Waals surface area contributed by atoms with Crippen molar-refractivity contribution in [3.63, 3.8) is 0 Å². The molecule has 2 aliphatic rings. The summed E-state index contributed by atoms with van der Waals surface area (Å²) in [5.41, 5.74) is 1.73. The molecule has 1 N–H and O–H groups in total. The summed E-state index contributed by atoms with van der Waals surface area (Å²) in [6.45, 7) is 3.26. The topological polar surface area (TPSA) is 75.0 Å². The second-order valence-electron chi connectivity index (χ2n) is 7.65. The number of carbonyl (C=O) groups excluding carboxylic acids is 2. The quantitative estimate of drug-likeness (QED) is 0.421. The lowest BCUT2D eigenvalue weighted by Crippen LogP contribution is -2.46. The van der Waals surface area contributed by atoms with E-state index >= 15 is 0 Å². The number of rotatable bonds is 6. The van der Waals surface area contributed by atoms with Crippen LogP contribution in [0.4, 0.5) is 13.2 Å². The summed E-state index contributed by atoms with van der Waals surface area (Å²) in [5.74, 6) is -0.560. The average Bonchev–Trinajstić information content (AvgIpc) is 3.38. The van der Waals surface area contributed by atoms with E-state index in [-0.39, 0.29) is 43.7 Å². The molecule has 0 atom stereocenters. The molecule has 7 nitrogen and oxygen atoms in total. The van der Waals surface area contributed by atoms with Crippen molar-refractivity contribution < 1.29 is 31.9 Å². The number of carbonyl (C=O) groups is 2. The van der Waals surface area contributed by atoms with Crippen molar-refractivity contribution in [1.82, 2.24) is 15.3 Å². The fraction of sp³-hybridized carbons (Fsp3) is 0.318. The van der Waals surface area contributed by atoms with Crippen molar-refractivity contribution in [2.45, 2.75) is 12.6 Å². The Labute approximate surface area is 213 Å². The zero-order valence-electron chi connectivity index (χ0n) is 18.1. The van der Waals surface area contributed by atoms with Gasteiger partial charge in [0.05, 0.1) is 28.7 Å². The summed E-state index contributed by atoms with van der Waals surface area (Å²) in [6, 6.07) is 5.89. The molecule has 2 fully saturated rings. The van der Waals surface area contributed by atoms with Crippen molar-refractivity contribution in [3.05, 3.63) is 51.6 Å². The molecule has 4 rings (SSSR count). The summed E-state index contributed by atoms with van der Waals surface area (Å²) in [7, 11) is 0. The van der Waals surface area contributed by atoms with Crippen molar-refractivity contribution >= 4 is 57.8 Å². The third-order valence-electron chi connectivity index (χ3n) is 5.25. The standard InChI is InChI=1S/C22H19ClF3N3O4S2/c23-16-3-1-13(22(24,25)26)11-15(16)17-4-2-14(33-17)12-18-20(31)29(21(34)35-18)27-19(30)5-6-28-7-9-32-10-8-28/h1-4,11-12H,5-10H2,(H,27,30). The molecule has 2 aromatic rings. The number of furan rings is 1. The number of ether oxygens (including phenoxy) is 1. The van der Waals surface area contributed by atoms with Crippen LogP contribution in [-0.2, 0) is 20.5 Å². The molecule has 0 aliphatic carbocycles. The first-order valence-corrected chi connectivity index (χ1v) is 12.1. The number of hydrazine groups is 1. The molecule has 1 aromatic carbocycles. The van der Waals surface area contributed by atoms with Gasteiger partial charge in [0.2, 0.25) is 5.91 Å². The first kappa shape index (κ1) is 25.7. The van der Waals surface area contributed by atoms with Gasteiger partial charge in [-0.15, -0.1) is 0 Å². The Hall–Kier alpha value is -2.38. The Morgan fingerprint density at radius 3 is 2.69 bits per heavy atom. The van der Waals surface area contributed by atoms with Crippen LogP contribution in [0.1, 0.15) is 17.7 Å². The number of hydrogen-bond acceptors (Lipinski definition) is 7. The zero-order chi connectivity index (χ0) is 25.2. The normalized spacial score (nSPS) is 18.5. The number of halogens is 4. The Kier molecular flexibility index (Phi) is 7.86. The SMILES string of the molecule is O=C(CCN1CCOCC1)NN1C(=O)C(=Cc2ccc(-c3cc(C(F)(F)F)ccc3Cl)o2)SC1=S. The van der Waals surface area contributed by atoms with Crippen molar-refractivity contribution in [2.75, 3.05) is 32.8 Å². The zero-order valence-corrected chi connectivity index (χ0v) is 20.5. The smallest absolute Gasteiger partial charge is 0.416 e. The Bertz CT molecular complexity index is 1180. The number of nitrogens with one attached hydrogen (secondary N) is 1. The second kappa shape index (κ2) is 10.7. The van der Waals surface area contributed by atoms with Gasteiger partial charge in [0.25, 0.3) is 5.91 Å². The molecule has 0 saturated carbocycles. The van der Waals surface area contributed by atoms with Crippen LogP contribution in [-0.4, -0.2) is 58.9 Å². The van der Waals surface area contributed by atoms with Crippen LogP contribution in [0.3, 0.4) is 0 Å². The third-order valence-corrected chi connectivity index (χ3v) is 6.88. The molecule has 13 heteroatoms. The van der Waals surface area contributed by atoms with Crippen LogP contribution in [0.5, 0.6) is 0 Å². The first-order valence-electron chi connectivity index (χ1n) is 10.5. The lowest BCUT2D eigenvalue weighted by atomic mass is 10.1. The third kappa shape index (κ3) is 6.25. The monoisotopic (exact) mass is 545 g/mol. The number of morpholine rings is 1. The van der Waals surface area contributed by atoms with Gasteiger partial charge in [0, 0.05) is 37.7 Å². The maximum Gasteiger partial charge on any atom is 0.416 e. The average molecular weight is 546 g/mol. The van der Waals surface area contributed by atoms with Gasteiger partial charge in [-0.2, -0.15) is 18.2 Å². The summed E-state index contributed by atoms with van der Waals surface area (Å²) in [4.78, 5) is 27.4. The molecule has 3 heterocycles. The molecule has 0 radical (unpaired) electrons. The molecule has 0 bridgehead atoms. The molecular weight excluding hydrogens is 527 g/mol. The van der Waals surface area contributed by atoms with Gasteiger partial charge < -0.3 is 9.15 Å². The van der Waals surface area contributed by atoms with E-state index in [1.165, 1.54) is 18.2 Å². The molecular formula is C22H19ClF3N3O4S2. The minimum absolute atomic E-state index is 0.0706. The summed E-state index contributed by atoms with van der Waals surface area (Å²) in [6.07, 6.45) is -2.94. The lowest BCUT2D eigenvalue weighted by molar-refractivity contribution is -0.137. The number of alkyl halides is 3. The fourth-order valence-corrected chi connectivity index (χ4v) is 4.79. The summed E-state index contributed by atoms with van der Waals surface area (Å²) in [5, 5.41) is 1.09. The highest BCUT2D eigenvalue weighted by Crippen LogP contribution is 2.37. The molecule has 2 amide bonds. The lowest BCUT2D eigenvalue weighted by Gasteiger charge is -2.26. The minimum atomic E-state index is -4.53. The van der Waals surface area contributed by atoms with Gasteiger partial charge >= 0.3 is 6.18 Å². The Balaban J connectivity index is 1.42. The van der Waals surface area contributed by atoms with E-state index in [4.69, 9.17) is 33.0 Å². The van der Waals surface area contributed by atoms with E-state index in [0.717, 1.165) is 48.1 Å². The summed E-state index contributed by atoms with van der Waals surface area (Å²) >= 11 is 12.3. The van der Waals surface area contributed by atoms with E-state index in [2.05, 4.69) is 10.3 Å². The van der Waals surface area contributed by atoms with Gasteiger partial charge in [0.1, 0.15) is 11.5 Å². The number of thioether (sulfide) groups is 1. The van der Waals surface area contributed by atoms with Crippen LogP contribution in [0.15, 0.2) is 39.7 Å². The van der Waals surface area contributed by atoms with Crippen LogP contribution in [0.2, 0.25) is 5.02 Å². The maximum absolute atomic E-state index is 13.1. The van der Waals surface area contributed by atoms with Gasteiger partial charge in [-0.25, -0.2) is 0 Å². The Morgan fingerprint density at radius 2 is 1.97 bits per heavy atom. The highest BCUT2D eigenvalue weighted by atomic mass is 35.5. The van der Waals surface area contributed by atoms with Crippen LogP contribution < -0.4 is 5.43 Å². The van der Waals surface area contributed by atoms with Crippen LogP contribution in [0, 0.1) is 0 Å². The molecule has 35 heavy (non-hydrogen) atoms. The van der Waals surface area contributed by atoms with Crippen LogP contribution in [0.25, 0.3) is 17.4 Å². The predicted octanol–water partition coefficient (Wildman–Crippen LogP) is 4.57. The van der Waals surface area contributed by atoms with E-state index in [0.29, 0.717) is 19.8 Å². The largest absolute Gasteiger partial charge is 0.457 e. The molecule has 0 spiro atoms. The fourth-order valence-electron chi connectivity index (χ4n) is 3.42. The predicted molar refractivity (Wildman–Crippen MR) is 129 cm³/mol. The minimum Gasteiger partial charge on any atom is -0.457 e. The number of thiocarbonyl (C=S) groups is 1. The second-order valence-corrected chi connectivity index (χ2v) is 9.73. The molecule has 2 saturated heterocycles. The Morgan fingerprint density at radius 1 is 1.23 bits per heavy atom. The van der Waals surface area contributed by atoms with Crippen LogP contribution >= 0.6 is 35.6 Å². The van der Waals surface area contributed by atoms with E-state index < -0.39 is 17.6 Å². The van der Waals surface area contributed by atoms with E-state index in [1.807, 2.05) is 0 Å². The number of hydrogen-bond donors (Lipinski definition) is 1. The molecule has 186 valence electrons.